The van der Waals surface area contributed by atoms with Gasteiger partial charge in [0.15, 0.2) is 0 Å². The van der Waals surface area contributed by atoms with Crippen LogP contribution in [0.5, 0.6) is 0 Å². The van der Waals surface area contributed by atoms with Gasteiger partial charge in [0.25, 0.3) is 0 Å². The van der Waals surface area contributed by atoms with Gasteiger partial charge < -0.3 is 14.9 Å². The molecule has 0 aromatic heterocycles. The van der Waals surface area contributed by atoms with E-state index in [4.69, 9.17) is 9.84 Å². The number of ether oxygens (including phenoxy) is 1. The van der Waals surface area contributed by atoms with Crippen molar-refractivity contribution in [2.45, 2.75) is 19.4 Å². The third kappa shape index (κ3) is 5.77. The first kappa shape index (κ1) is 15.4. The van der Waals surface area contributed by atoms with Crippen molar-refractivity contribution in [2.75, 3.05) is 52.5 Å². The molecule has 1 unspecified atom stereocenters. The van der Waals surface area contributed by atoms with Crippen LogP contribution >= 0.6 is 0 Å². The van der Waals surface area contributed by atoms with Crippen LogP contribution in [0.15, 0.2) is 0 Å². The number of carbonyl (C=O) groups is 1. The van der Waals surface area contributed by atoms with Crippen molar-refractivity contribution in [1.82, 2.24) is 9.80 Å². The van der Waals surface area contributed by atoms with Gasteiger partial charge in [0.1, 0.15) is 0 Å². The summed E-state index contributed by atoms with van der Waals surface area (Å²) in [6, 6.07) is 0. The summed E-state index contributed by atoms with van der Waals surface area (Å²) in [7, 11) is 0. The Morgan fingerprint density at radius 1 is 1.28 bits per heavy atom. The summed E-state index contributed by atoms with van der Waals surface area (Å²) < 4.78 is 4.80. The summed E-state index contributed by atoms with van der Waals surface area (Å²) >= 11 is 0. The van der Waals surface area contributed by atoms with E-state index in [0.29, 0.717) is 19.7 Å². The van der Waals surface area contributed by atoms with Gasteiger partial charge in [0, 0.05) is 39.3 Å². The van der Waals surface area contributed by atoms with Gasteiger partial charge in [-0.15, -0.1) is 0 Å². The minimum absolute atomic E-state index is 0.0602. The summed E-state index contributed by atoms with van der Waals surface area (Å²) in [5.74, 6) is -0.344. The van der Waals surface area contributed by atoms with Gasteiger partial charge in [-0.2, -0.15) is 0 Å². The number of rotatable bonds is 7. The lowest BCUT2D eigenvalue weighted by Gasteiger charge is -2.35. The molecule has 6 nitrogen and oxygen atoms in total. The molecule has 0 aromatic rings. The highest BCUT2D eigenvalue weighted by Gasteiger charge is 2.20. The van der Waals surface area contributed by atoms with E-state index in [2.05, 4.69) is 9.80 Å². The van der Waals surface area contributed by atoms with E-state index >= 15 is 0 Å². The second-order valence-electron chi connectivity index (χ2n) is 4.53. The highest BCUT2D eigenvalue weighted by atomic mass is 16.5. The molecule has 1 heterocycles. The SMILES string of the molecule is CCOC(=O)CC(O)CN1CCN(CCO)CC1. The van der Waals surface area contributed by atoms with Crippen LogP contribution in [0.25, 0.3) is 0 Å². The van der Waals surface area contributed by atoms with Gasteiger partial charge in [-0.05, 0) is 6.92 Å². The Bertz CT molecular complexity index is 242. The lowest BCUT2D eigenvalue weighted by molar-refractivity contribution is -0.145. The molecule has 1 fully saturated rings. The largest absolute Gasteiger partial charge is 0.466 e. The number of β-amino-alcohol motifs (C(OH)–C–C–N with tert-alkyl or cyclic N) is 2. The molecule has 1 aliphatic heterocycles. The molecule has 106 valence electrons. The minimum atomic E-state index is -0.659. The third-order valence-corrected chi connectivity index (χ3v) is 3.06. The Morgan fingerprint density at radius 2 is 1.89 bits per heavy atom. The predicted octanol–water partition coefficient (Wildman–Crippen LogP) is -1.09. The Labute approximate surface area is 108 Å². The summed E-state index contributed by atoms with van der Waals surface area (Å²) in [6.45, 7) is 7.02. The van der Waals surface area contributed by atoms with Crippen molar-refractivity contribution in [3.63, 3.8) is 0 Å². The van der Waals surface area contributed by atoms with Crippen LogP contribution in [-0.2, 0) is 9.53 Å². The zero-order valence-corrected chi connectivity index (χ0v) is 11.0. The Balaban J connectivity index is 2.17. The van der Waals surface area contributed by atoms with Crippen LogP contribution in [0.4, 0.5) is 0 Å². The van der Waals surface area contributed by atoms with Crippen molar-refractivity contribution >= 4 is 5.97 Å². The molecule has 1 saturated heterocycles. The van der Waals surface area contributed by atoms with Crippen LogP contribution in [0.2, 0.25) is 0 Å². The maximum absolute atomic E-state index is 11.2. The molecule has 2 N–H and O–H groups in total. The van der Waals surface area contributed by atoms with E-state index in [1.807, 2.05) is 0 Å². The lowest BCUT2D eigenvalue weighted by atomic mass is 10.2. The van der Waals surface area contributed by atoms with E-state index in [9.17, 15) is 9.90 Å². The quantitative estimate of drug-likeness (QED) is 0.567. The van der Waals surface area contributed by atoms with Crippen LogP contribution < -0.4 is 0 Å². The van der Waals surface area contributed by atoms with Crippen LogP contribution in [0, 0.1) is 0 Å². The molecular weight excluding hydrogens is 236 g/mol. The maximum Gasteiger partial charge on any atom is 0.308 e. The Kier molecular flexibility index (Phi) is 7.19. The fourth-order valence-electron chi connectivity index (χ4n) is 2.11. The topological polar surface area (TPSA) is 73.2 Å². The molecule has 0 aliphatic carbocycles. The maximum atomic E-state index is 11.2. The average molecular weight is 260 g/mol. The second-order valence-corrected chi connectivity index (χ2v) is 4.53. The summed E-state index contributed by atoms with van der Waals surface area (Å²) in [4.78, 5) is 15.5. The first-order valence-corrected chi connectivity index (χ1v) is 6.55. The number of hydrogen-bond donors (Lipinski definition) is 2. The molecule has 0 radical (unpaired) electrons. The van der Waals surface area contributed by atoms with Crippen molar-refractivity contribution < 1.29 is 19.7 Å². The minimum Gasteiger partial charge on any atom is -0.466 e. The molecule has 1 aliphatic rings. The fourth-order valence-corrected chi connectivity index (χ4v) is 2.11. The number of esters is 1. The Hall–Kier alpha value is -0.690. The highest BCUT2D eigenvalue weighted by Crippen LogP contribution is 2.04. The van der Waals surface area contributed by atoms with Crippen LogP contribution in [-0.4, -0.2) is 84.6 Å². The number of aliphatic hydroxyl groups is 2. The van der Waals surface area contributed by atoms with Crippen molar-refractivity contribution in [3.8, 4) is 0 Å². The average Bonchev–Trinajstić information content (AvgIpc) is 2.32. The molecule has 6 heteroatoms. The number of hydrogen-bond acceptors (Lipinski definition) is 6. The smallest absolute Gasteiger partial charge is 0.308 e. The molecule has 0 amide bonds. The van der Waals surface area contributed by atoms with E-state index in [-0.39, 0.29) is 19.0 Å². The first-order chi connectivity index (χ1) is 8.65. The first-order valence-electron chi connectivity index (χ1n) is 6.55. The molecule has 18 heavy (non-hydrogen) atoms. The summed E-state index contributed by atoms with van der Waals surface area (Å²) in [5.41, 5.74) is 0. The van der Waals surface area contributed by atoms with Gasteiger partial charge in [-0.3, -0.25) is 14.6 Å². The fraction of sp³-hybridized carbons (Fsp3) is 0.917. The Morgan fingerprint density at radius 3 is 2.44 bits per heavy atom. The molecule has 0 bridgehead atoms. The van der Waals surface area contributed by atoms with E-state index in [0.717, 1.165) is 26.2 Å². The summed E-state index contributed by atoms with van der Waals surface area (Å²) in [6.07, 6.45) is -0.599. The zero-order chi connectivity index (χ0) is 13.4. The summed E-state index contributed by atoms with van der Waals surface area (Å²) in [5, 5.41) is 18.6. The zero-order valence-electron chi connectivity index (χ0n) is 11.0. The van der Waals surface area contributed by atoms with E-state index < -0.39 is 6.10 Å². The second kappa shape index (κ2) is 8.42. The predicted molar refractivity (Wildman–Crippen MR) is 67.2 cm³/mol. The number of carbonyl (C=O) groups excluding carboxylic acids is 1. The van der Waals surface area contributed by atoms with Crippen molar-refractivity contribution in [3.05, 3.63) is 0 Å². The standard InChI is InChI=1S/C12H24N2O4/c1-2-18-12(17)9-11(16)10-14-5-3-13(4-6-14)7-8-15/h11,15-16H,2-10H2,1H3. The number of aliphatic hydroxyl groups excluding tert-OH is 2. The number of nitrogens with zero attached hydrogens (tertiary/aromatic N) is 2. The molecule has 0 saturated carbocycles. The number of piperazine rings is 1. The van der Waals surface area contributed by atoms with Crippen LogP contribution in [0.1, 0.15) is 13.3 Å². The molecule has 1 rings (SSSR count). The lowest BCUT2D eigenvalue weighted by Crippen LogP contribution is -2.49. The van der Waals surface area contributed by atoms with E-state index in [1.54, 1.807) is 6.92 Å². The molecule has 0 aromatic carbocycles. The molecule has 0 spiro atoms. The van der Waals surface area contributed by atoms with Gasteiger partial charge in [-0.1, -0.05) is 0 Å². The monoisotopic (exact) mass is 260 g/mol. The third-order valence-electron chi connectivity index (χ3n) is 3.06. The normalized spacial score (nSPS) is 19.7. The van der Waals surface area contributed by atoms with Gasteiger partial charge in [-0.25, -0.2) is 0 Å². The van der Waals surface area contributed by atoms with Gasteiger partial charge in [0.2, 0.25) is 0 Å². The van der Waals surface area contributed by atoms with Gasteiger partial charge in [0.05, 0.1) is 25.7 Å². The van der Waals surface area contributed by atoms with Gasteiger partial charge >= 0.3 is 5.97 Å². The van der Waals surface area contributed by atoms with Crippen LogP contribution in [0.3, 0.4) is 0 Å². The molecular formula is C12H24N2O4. The van der Waals surface area contributed by atoms with E-state index in [1.165, 1.54) is 0 Å². The molecule has 1 atom stereocenters. The highest BCUT2D eigenvalue weighted by molar-refractivity contribution is 5.69. The van der Waals surface area contributed by atoms with Crippen molar-refractivity contribution in [2.24, 2.45) is 0 Å². The van der Waals surface area contributed by atoms with Crippen molar-refractivity contribution in [1.29, 1.82) is 0 Å².